The third-order valence-electron chi connectivity index (χ3n) is 3.69. The lowest BCUT2D eigenvalue weighted by Crippen LogP contribution is -2.14. The Morgan fingerprint density at radius 2 is 1.48 bits per heavy atom. The molecular formula is C19H22F2. The molecule has 0 aliphatic rings. The first kappa shape index (κ1) is 15.7. The number of hydrogen-bond acceptors (Lipinski definition) is 0. The molecule has 0 saturated heterocycles. The third-order valence-corrected chi connectivity index (χ3v) is 3.69. The molecule has 2 rings (SSSR count). The summed E-state index contributed by atoms with van der Waals surface area (Å²) in [5, 5.41) is 0. The lowest BCUT2D eigenvalue weighted by Gasteiger charge is -2.18. The van der Waals surface area contributed by atoms with Crippen LogP contribution in [0.15, 0.2) is 48.5 Å². The van der Waals surface area contributed by atoms with Crippen LogP contribution in [0.2, 0.25) is 0 Å². The zero-order valence-electron chi connectivity index (χ0n) is 12.7. The van der Waals surface area contributed by atoms with Crippen LogP contribution in [0.4, 0.5) is 8.78 Å². The van der Waals surface area contributed by atoms with Crippen LogP contribution in [-0.2, 0) is 12.3 Å². The molecule has 0 saturated carbocycles. The second kappa shape index (κ2) is 6.84. The van der Waals surface area contributed by atoms with Crippen molar-refractivity contribution in [3.05, 3.63) is 70.8 Å². The lowest BCUT2D eigenvalue weighted by molar-refractivity contribution is -0.0157. The van der Waals surface area contributed by atoms with Crippen molar-refractivity contribution in [1.29, 1.82) is 0 Å². The Labute approximate surface area is 125 Å². The van der Waals surface area contributed by atoms with Crippen molar-refractivity contribution in [1.82, 2.24) is 0 Å². The van der Waals surface area contributed by atoms with Gasteiger partial charge in [-0.2, -0.15) is 0 Å². The fraction of sp³-hybridized carbons (Fsp3) is 0.368. The molecule has 0 N–H and O–H groups in total. The molecule has 0 nitrogen and oxygen atoms in total. The fourth-order valence-corrected chi connectivity index (χ4v) is 2.65. The van der Waals surface area contributed by atoms with Crippen molar-refractivity contribution in [2.24, 2.45) is 0 Å². The van der Waals surface area contributed by atoms with E-state index in [1.165, 1.54) is 5.56 Å². The minimum Gasteiger partial charge on any atom is -0.201 e. The summed E-state index contributed by atoms with van der Waals surface area (Å²) in [6.45, 7) is 3.73. The van der Waals surface area contributed by atoms with E-state index >= 15 is 0 Å². The fourth-order valence-electron chi connectivity index (χ4n) is 2.65. The van der Waals surface area contributed by atoms with Gasteiger partial charge in [0, 0.05) is 12.0 Å². The van der Waals surface area contributed by atoms with Crippen molar-refractivity contribution >= 4 is 0 Å². The number of benzene rings is 2. The van der Waals surface area contributed by atoms with Gasteiger partial charge in [-0.05, 0) is 38.7 Å². The van der Waals surface area contributed by atoms with Crippen molar-refractivity contribution in [3.63, 3.8) is 0 Å². The lowest BCUT2D eigenvalue weighted by atomic mass is 9.97. The molecule has 0 aliphatic heterocycles. The first-order valence-corrected chi connectivity index (χ1v) is 7.48. The Hall–Kier alpha value is -1.70. The SMILES string of the molecule is Cc1cc(C)cc(C(F)(F)CCCCc2ccccc2)c1. The average Bonchev–Trinajstić information content (AvgIpc) is 2.44. The zero-order valence-corrected chi connectivity index (χ0v) is 12.7. The van der Waals surface area contributed by atoms with Crippen LogP contribution in [0.5, 0.6) is 0 Å². The molecule has 112 valence electrons. The Bertz CT molecular complexity index is 553. The van der Waals surface area contributed by atoms with Crippen molar-refractivity contribution in [3.8, 4) is 0 Å². The van der Waals surface area contributed by atoms with Gasteiger partial charge >= 0.3 is 0 Å². The maximum Gasteiger partial charge on any atom is 0.273 e. The maximum atomic E-state index is 14.2. The average molecular weight is 288 g/mol. The van der Waals surface area contributed by atoms with Crippen molar-refractivity contribution in [2.75, 3.05) is 0 Å². The molecule has 21 heavy (non-hydrogen) atoms. The van der Waals surface area contributed by atoms with E-state index in [-0.39, 0.29) is 12.0 Å². The summed E-state index contributed by atoms with van der Waals surface area (Å²) in [6, 6.07) is 15.2. The summed E-state index contributed by atoms with van der Waals surface area (Å²) in [4.78, 5) is 0. The second-order valence-electron chi connectivity index (χ2n) is 5.77. The Balaban J connectivity index is 1.89. The molecule has 0 heterocycles. The van der Waals surface area contributed by atoms with Crippen LogP contribution in [0.1, 0.15) is 41.5 Å². The smallest absolute Gasteiger partial charge is 0.201 e. The van der Waals surface area contributed by atoms with E-state index in [4.69, 9.17) is 0 Å². The minimum absolute atomic E-state index is 0.0806. The molecule has 0 atom stereocenters. The van der Waals surface area contributed by atoms with E-state index < -0.39 is 5.92 Å². The van der Waals surface area contributed by atoms with Crippen LogP contribution < -0.4 is 0 Å². The molecule has 0 radical (unpaired) electrons. The molecule has 0 spiro atoms. The van der Waals surface area contributed by atoms with Gasteiger partial charge < -0.3 is 0 Å². The van der Waals surface area contributed by atoms with Crippen molar-refractivity contribution in [2.45, 2.75) is 45.5 Å². The molecule has 0 unspecified atom stereocenters. The van der Waals surface area contributed by atoms with E-state index in [1.54, 1.807) is 12.1 Å². The van der Waals surface area contributed by atoms with Crippen LogP contribution in [0, 0.1) is 13.8 Å². The molecule has 2 aromatic rings. The molecule has 2 heteroatoms. The summed E-state index contributed by atoms with van der Waals surface area (Å²) in [7, 11) is 0. The summed E-state index contributed by atoms with van der Waals surface area (Å²) in [5.41, 5.74) is 3.16. The van der Waals surface area contributed by atoms with Crippen molar-refractivity contribution < 1.29 is 8.78 Å². The molecule has 0 aliphatic carbocycles. The Kier molecular flexibility index (Phi) is 5.11. The monoisotopic (exact) mass is 288 g/mol. The largest absolute Gasteiger partial charge is 0.273 e. The normalized spacial score (nSPS) is 11.6. The highest BCUT2D eigenvalue weighted by Crippen LogP contribution is 2.34. The highest BCUT2D eigenvalue weighted by Gasteiger charge is 2.30. The van der Waals surface area contributed by atoms with Gasteiger partial charge in [-0.1, -0.05) is 59.7 Å². The molecule has 0 amide bonds. The molecule has 0 aromatic heterocycles. The number of aryl methyl sites for hydroxylation is 3. The number of rotatable bonds is 6. The number of hydrogen-bond donors (Lipinski definition) is 0. The van der Waals surface area contributed by atoms with Gasteiger partial charge in [0.05, 0.1) is 0 Å². The molecule has 2 aromatic carbocycles. The molecule has 0 bridgehead atoms. The van der Waals surface area contributed by atoms with Gasteiger partial charge in [-0.25, -0.2) is 8.78 Å². The standard InChI is InChI=1S/C19H22F2/c1-15-12-16(2)14-18(13-15)19(20,21)11-7-6-10-17-8-4-3-5-9-17/h3-5,8-9,12-14H,6-7,10-11H2,1-2H3. The predicted octanol–water partition coefficient (Wildman–Crippen LogP) is 5.81. The van der Waals surface area contributed by atoms with E-state index in [0.717, 1.165) is 24.0 Å². The number of halogens is 2. The highest BCUT2D eigenvalue weighted by molar-refractivity contribution is 5.31. The van der Waals surface area contributed by atoms with Gasteiger partial charge in [0.25, 0.3) is 5.92 Å². The van der Waals surface area contributed by atoms with Gasteiger partial charge in [0.2, 0.25) is 0 Å². The minimum atomic E-state index is -2.73. The van der Waals surface area contributed by atoms with Gasteiger partial charge in [-0.15, -0.1) is 0 Å². The van der Waals surface area contributed by atoms with E-state index in [9.17, 15) is 8.78 Å². The van der Waals surface area contributed by atoms with Gasteiger partial charge in [0.1, 0.15) is 0 Å². The number of alkyl halides is 2. The molecular weight excluding hydrogens is 266 g/mol. The van der Waals surface area contributed by atoms with E-state index in [2.05, 4.69) is 0 Å². The Morgan fingerprint density at radius 3 is 2.10 bits per heavy atom. The van der Waals surface area contributed by atoms with E-state index in [1.807, 2.05) is 50.2 Å². The second-order valence-corrected chi connectivity index (χ2v) is 5.77. The zero-order chi connectivity index (χ0) is 15.3. The predicted molar refractivity (Wildman–Crippen MR) is 83.8 cm³/mol. The third kappa shape index (κ3) is 4.66. The quantitative estimate of drug-likeness (QED) is 0.588. The van der Waals surface area contributed by atoms with Crippen LogP contribution in [0.3, 0.4) is 0 Å². The van der Waals surface area contributed by atoms with Crippen LogP contribution in [-0.4, -0.2) is 0 Å². The summed E-state index contributed by atoms with van der Waals surface area (Å²) in [5.74, 6) is -2.73. The molecule has 0 fully saturated rings. The van der Waals surface area contributed by atoms with Crippen LogP contribution in [0.25, 0.3) is 0 Å². The maximum absolute atomic E-state index is 14.2. The number of unbranched alkanes of at least 4 members (excludes halogenated alkanes) is 1. The summed E-state index contributed by atoms with van der Waals surface area (Å²) >= 11 is 0. The van der Waals surface area contributed by atoms with Gasteiger partial charge in [-0.3, -0.25) is 0 Å². The first-order chi connectivity index (χ1) is 9.97. The highest BCUT2D eigenvalue weighted by atomic mass is 19.3. The van der Waals surface area contributed by atoms with E-state index in [0.29, 0.717) is 6.42 Å². The van der Waals surface area contributed by atoms with Crippen LogP contribution >= 0.6 is 0 Å². The summed E-state index contributed by atoms with van der Waals surface area (Å²) < 4.78 is 28.5. The summed E-state index contributed by atoms with van der Waals surface area (Å²) in [6.07, 6.45) is 2.12. The Morgan fingerprint density at radius 1 is 0.857 bits per heavy atom. The first-order valence-electron chi connectivity index (χ1n) is 7.48. The topological polar surface area (TPSA) is 0 Å². The van der Waals surface area contributed by atoms with Gasteiger partial charge in [0.15, 0.2) is 0 Å².